The summed E-state index contributed by atoms with van der Waals surface area (Å²) in [6, 6.07) is 0.266. The smallest absolute Gasteiger partial charge is 0.462 e. The molecule has 0 saturated heterocycles. The van der Waals surface area contributed by atoms with Crippen LogP contribution < -0.4 is 5.43 Å². The normalized spacial score (nSPS) is 13.1. The van der Waals surface area contributed by atoms with Crippen LogP contribution in [0.3, 0.4) is 0 Å². The van der Waals surface area contributed by atoms with Crippen molar-refractivity contribution in [1.29, 1.82) is 0 Å². The fourth-order valence-corrected chi connectivity index (χ4v) is 2.05. The lowest BCUT2D eigenvalue weighted by Crippen LogP contribution is -2.58. The highest BCUT2D eigenvalue weighted by molar-refractivity contribution is 6.33. The molecule has 5 nitrogen and oxygen atoms in total. The molecule has 0 saturated carbocycles. The lowest BCUT2D eigenvalue weighted by molar-refractivity contribution is -0.361. The molecule has 0 aliphatic rings. The molecule has 2 rings (SSSR count). The van der Waals surface area contributed by atoms with Gasteiger partial charge < -0.3 is 9.52 Å². The molecule has 28 heavy (non-hydrogen) atoms. The molecular formula is C15H8ClF7N2O3. The Hall–Kier alpha value is -2.76. The van der Waals surface area contributed by atoms with Crippen molar-refractivity contribution in [3.8, 4) is 11.3 Å². The zero-order valence-electron chi connectivity index (χ0n) is 13.2. The van der Waals surface area contributed by atoms with E-state index in [9.17, 15) is 35.5 Å². The van der Waals surface area contributed by atoms with Gasteiger partial charge in [-0.2, -0.15) is 35.8 Å². The first-order valence-electron chi connectivity index (χ1n) is 7.02. The number of hydrazone groups is 1. The third-order valence-corrected chi connectivity index (χ3v) is 3.58. The molecule has 0 unspecified atom stereocenters. The van der Waals surface area contributed by atoms with Crippen molar-refractivity contribution in [2.75, 3.05) is 0 Å². The number of alkyl halides is 7. The predicted octanol–water partition coefficient (Wildman–Crippen LogP) is 5.01. The number of rotatable bonds is 6. The maximum atomic E-state index is 13.0. The molecule has 0 atom stereocenters. The minimum absolute atomic E-state index is 0.0260. The van der Waals surface area contributed by atoms with Gasteiger partial charge in [0.25, 0.3) is 0 Å². The minimum Gasteiger partial charge on any atom is -0.478 e. The molecule has 0 aliphatic carbocycles. The molecule has 1 heterocycles. The van der Waals surface area contributed by atoms with Gasteiger partial charge in [0.05, 0.1) is 16.8 Å². The predicted molar refractivity (Wildman–Crippen MR) is 82.8 cm³/mol. The lowest BCUT2D eigenvalue weighted by Gasteiger charge is -2.27. The van der Waals surface area contributed by atoms with E-state index in [1.165, 1.54) is 18.2 Å². The topological polar surface area (TPSA) is 74.8 Å². The molecule has 0 fully saturated rings. The first-order valence-corrected chi connectivity index (χ1v) is 7.39. The molecular weight excluding hydrogens is 425 g/mol. The first-order chi connectivity index (χ1) is 12.8. The summed E-state index contributed by atoms with van der Waals surface area (Å²) in [6.45, 7) is 0. The zero-order valence-corrected chi connectivity index (χ0v) is 14.0. The highest BCUT2D eigenvalue weighted by atomic mass is 35.5. The van der Waals surface area contributed by atoms with Gasteiger partial charge in [-0.05, 0) is 30.3 Å². The SMILES string of the molecule is O=C(O)c1ccc(Cl)c(-c2ccc(/C=N/NC(F)(F)C(F)(F)C(F)(F)F)o2)c1. The summed E-state index contributed by atoms with van der Waals surface area (Å²) in [5.74, 6) is -7.97. The molecule has 1 aromatic carbocycles. The summed E-state index contributed by atoms with van der Waals surface area (Å²) in [6.07, 6.45) is -6.07. The number of aromatic carboxylic acids is 1. The maximum Gasteiger partial charge on any atom is 0.462 e. The van der Waals surface area contributed by atoms with Crippen molar-refractivity contribution >= 4 is 23.8 Å². The monoisotopic (exact) mass is 432 g/mol. The molecule has 0 amide bonds. The van der Waals surface area contributed by atoms with Gasteiger partial charge in [0.2, 0.25) is 0 Å². The standard InChI is InChI=1S/C15H8ClF7N2O3/c16-10-3-1-7(12(26)27)5-9(10)11-4-2-8(28-11)6-24-25-15(22,23)13(17,18)14(19,20)21/h1-6,25H,(H,26,27)/b24-6+. The van der Waals surface area contributed by atoms with Crippen molar-refractivity contribution in [3.05, 3.63) is 46.7 Å². The van der Waals surface area contributed by atoms with E-state index in [1.54, 1.807) is 0 Å². The second kappa shape index (κ2) is 7.34. The average Bonchev–Trinajstić information content (AvgIpc) is 3.02. The van der Waals surface area contributed by atoms with E-state index in [-0.39, 0.29) is 27.7 Å². The third kappa shape index (κ3) is 4.21. The van der Waals surface area contributed by atoms with E-state index in [0.717, 1.165) is 12.1 Å². The summed E-state index contributed by atoms with van der Waals surface area (Å²) in [5.41, 5.74) is 0.418. The summed E-state index contributed by atoms with van der Waals surface area (Å²) >= 11 is 5.91. The Morgan fingerprint density at radius 1 is 1.11 bits per heavy atom. The van der Waals surface area contributed by atoms with Gasteiger partial charge in [0, 0.05) is 5.56 Å². The number of nitrogens with one attached hydrogen (secondary N) is 1. The number of hydrogen-bond donors (Lipinski definition) is 2. The van der Waals surface area contributed by atoms with Crippen LogP contribution in [-0.4, -0.2) is 35.4 Å². The Kier molecular flexibility index (Phi) is 5.64. The van der Waals surface area contributed by atoms with E-state index in [0.29, 0.717) is 11.6 Å². The number of carbonyl (C=O) groups is 1. The van der Waals surface area contributed by atoms with Crippen molar-refractivity contribution in [2.45, 2.75) is 18.1 Å². The van der Waals surface area contributed by atoms with Crippen LogP contribution in [0.25, 0.3) is 11.3 Å². The number of furan rings is 1. The third-order valence-electron chi connectivity index (χ3n) is 3.25. The van der Waals surface area contributed by atoms with Gasteiger partial charge in [0.15, 0.2) is 0 Å². The second-order valence-electron chi connectivity index (χ2n) is 5.22. The van der Waals surface area contributed by atoms with E-state index in [1.807, 2.05) is 0 Å². The van der Waals surface area contributed by atoms with Crippen molar-refractivity contribution in [2.24, 2.45) is 5.10 Å². The lowest BCUT2D eigenvalue weighted by atomic mass is 10.1. The van der Waals surface area contributed by atoms with Crippen LogP contribution in [0.4, 0.5) is 30.7 Å². The van der Waals surface area contributed by atoms with E-state index >= 15 is 0 Å². The molecule has 0 spiro atoms. The summed E-state index contributed by atoms with van der Waals surface area (Å²) in [5, 5.41) is 11.7. The fourth-order valence-electron chi connectivity index (χ4n) is 1.84. The minimum atomic E-state index is -6.50. The van der Waals surface area contributed by atoms with E-state index < -0.39 is 24.1 Å². The van der Waals surface area contributed by atoms with Crippen LogP contribution in [-0.2, 0) is 0 Å². The molecule has 13 heteroatoms. The molecule has 2 N–H and O–H groups in total. The number of hydrogen-bond acceptors (Lipinski definition) is 4. The van der Waals surface area contributed by atoms with Gasteiger partial charge >= 0.3 is 24.1 Å². The molecule has 152 valence electrons. The Morgan fingerprint density at radius 3 is 2.32 bits per heavy atom. The first kappa shape index (κ1) is 21.5. The van der Waals surface area contributed by atoms with Crippen LogP contribution in [0.15, 0.2) is 39.9 Å². The maximum absolute atomic E-state index is 13.0. The number of carboxylic acids is 1. The van der Waals surface area contributed by atoms with Gasteiger partial charge in [-0.3, -0.25) is 0 Å². The van der Waals surface area contributed by atoms with Gasteiger partial charge in [-0.15, -0.1) is 0 Å². The van der Waals surface area contributed by atoms with Gasteiger partial charge in [0.1, 0.15) is 11.5 Å². The fraction of sp³-hybridized carbons (Fsp3) is 0.200. The quantitative estimate of drug-likeness (QED) is 0.291. The van der Waals surface area contributed by atoms with Crippen LogP contribution >= 0.6 is 11.6 Å². The van der Waals surface area contributed by atoms with Crippen molar-refractivity contribution in [3.63, 3.8) is 0 Å². The summed E-state index contributed by atoms with van der Waals surface area (Å²) in [4.78, 5) is 11.0. The molecule has 0 aliphatic heterocycles. The Labute approximate surface area is 156 Å². The Morgan fingerprint density at radius 2 is 1.75 bits per heavy atom. The molecule has 0 bridgehead atoms. The number of nitrogens with zero attached hydrogens (tertiary/aromatic N) is 1. The van der Waals surface area contributed by atoms with E-state index in [2.05, 4.69) is 5.10 Å². The number of benzene rings is 1. The number of halogens is 8. The van der Waals surface area contributed by atoms with Crippen LogP contribution in [0.5, 0.6) is 0 Å². The summed E-state index contributed by atoms with van der Waals surface area (Å²) in [7, 11) is 0. The van der Waals surface area contributed by atoms with Crippen molar-refractivity contribution in [1.82, 2.24) is 5.43 Å². The second-order valence-corrected chi connectivity index (χ2v) is 5.63. The molecule has 1 aromatic heterocycles. The number of carboxylic acid groups (broad SMARTS) is 1. The highest BCUT2D eigenvalue weighted by Gasteiger charge is 2.73. The average molecular weight is 433 g/mol. The van der Waals surface area contributed by atoms with Gasteiger partial charge in [-0.25, -0.2) is 10.2 Å². The van der Waals surface area contributed by atoms with Crippen molar-refractivity contribution < 1.29 is 45.1 Å². The zero-order chi connectivity index (χ0) is 21.3. The van der Waals surface area contributed by atoms with Gasteiger partial charge in [-0.1, -0.05) is 11.6 Å². The molecule has 0 radical (unpaired) electrons. The molecule has 2 aromatic rings. The van der Waals surface area contributed by atoms with Crippen LogP contribution in [0, 0.1) is 0 Å². The summed E-state index contributed by atoms with van der Waals surface area (Å²) < 4.78 is 92.6. The van der Waals surface area contributed by atoms with E-state index in [4.69, 9.17) is 21.1 Å². The highest BCUT2D eigenvalue weighted by Crippen LogP contribution is 2.45. The Balaban J connectivity index is 2.20. The Bertz CT molecular complexity index is 909. The largest absolute Gasteiger partial charge is 0.478 e. The van der Waals surface area contributed by atoms with Crippen LogP contribution in [0.1, 0.15) is 16.1 Å². The van der Waals surface area contributed by atoms with Crippen LogP contribution in [0.2, 0.25) is 5.02 Å².